The van der Waals surface area contributed by atoms with Crippen LogP contribution in [0.25, 0.3) is 0 Å². The molecule has 1 atom stereocenters. The second-order valence-electron chi connectivity index (χ2n) is 4.82. The predicted molar refractivity (Wildman–Crippen MR) is 79.9 cm³/mol. The molecule has 0 aliphatic heterocycles. The number of aliphatic hydroxyl groups excluding tert-OH is 1. The molecule has 0 aliphatic carbocycles. The number of nitrogens with one attached hydrogen (secondary N) is 2. The molecule has 0 fully saturated rings. The van der Waals surface area contributed by atoms with E-state index >= 15 is 0 Å². The van der Waals surface area contributed by atoms with Gasteiger partial charge in [-0.3, -0.25) is 0 Å². The molecule has 23 heavy (non-hydrogen) atoms. The first-order chi connectivity index (χ1) is 10.9. The molecule has 0 saturated carbocycles. The summed E-state index contributed by atoms with van der Waals surface area (Å²) in [7, 11) is 0. The highest BCUT2D eigenvalue weighted by Gasteiger charge is 2.30. The summed E-state index contributed by atoms with van der Waals surface area (Å²) in [6, 6.07) is 11.7. The van der Waals surface area contributed by atoms with Crippen LogP contribution in [-0.4, -0.2) is 17.7 Å². The third-order valence-corrected chi connectivity index (χ3v) is 3.14. The van der Waals surface area contributed by atoms with Crippen LogP contribution in [0.5, 0.6) is 0 Å². The van der Waals surface area contributed by atoms with Gasteiger partial charge in [0.25, 0.3) is 0 Å². The zero-order valence-corrected chi connectivity index (χ0v) is 12.0. The van der Waals surface area contributed by atoms with Crippen molar-refractivity contribution in [3.63, 3.8) is 0 Å². The first-order valence-electron chi connectivity index (χ1n) is 6.80. The lowest BCUT2D eigenvalue weighted by atomic mass is 10.1. The van der Waals surface area contributed by atoms with E-state index in [4.69, 9.17) is 0 Å². The van der Waals surface area contributed by atoms with Crippen molar-refractivity contribution in [2.75, 3.05) is 11.9 Å². The molecule has 0 aromatic heterocycles. The second-order valence-corrected chi connectivity index (χ2v) is 4.82. The van der Waals surface area contributed by atoms with Crippen LogP contribution >= 0.6 is 0 Å². The second kappa shape index (κ2) is 7.15. The van der Waals surface area contributed by atoms with Gasteiger partial charge in [-0.05, 0) is 23.8 Å². The molecular formula is C16H15F3N2O2. The van der Waals surface area contributed by atoms with Gasteiger partial charge < -0.3 is 15.7 Å². The van der Waals surface area contributed by atoms with Gasteiger partial charge in [-0.15, -0.1) is 0 Å². The maximum Gasteiger partial charge on any atom is 0.416 e. The predicted octanol–water partition coefficient (Wildman–Crippen LogP) is 3.56. The molecule has 122 valence electrons. The van der Waals surface area contributed by atoms with Gasteiger partial charge in [0.1, 0.15) is 0 Å². The number of alkyl halides is 3. The van der Waals surface area contributed by atoms with Gasteiger partial charge in [0.15, 0.2) is 0 Å². The summed E-state index contributed by atoms with van der Waals surface area (Å²) < 4.78 is 37.9. The Morgan fingerprint density at radius 3 is 2.39 bits per heavy atom. The van der Waals surface area contributed by atoms with Crippen LogP contribution in [0.3, 0.4) is 0 Å². The number of halogens is 3. The summed E-state index contributed by atoms with van der Waals surface area (Å²) in [5.74, 6) is 0. The van der Waals surface area contributed by atoms with E-state index in [1.165, 1.54) is 12.1 Å². The fourth-order valence-electron chi connectivity index (χ4n) is 2.02. The van der Waals surface area contributed by atoms with E-state index in [1.807, 2.05) is 0 Å². The fourth-order valence-corrected chi connectivity index (χ4v) is 2.02. The number of hydrogen-bond acceptors (Lipinski definition) is 2. The molecule has 0 heterocycles. The van der Waals surface area contributed by atoms with Crippen molar-refractivity contribution in [2.24, 2.45) is 0 Å². The molecule has 0 radical (unpaired) electrons. The van der Waals surface area contributed by atoms with Gasteiger partial charge in [0.05, 0.1) is 18.2 Å². The number of rotatable bonds is 4. The van der Waals surface area contributed by atoms with E-state index in [2.05, 4.69) is 10.6 Å². The molecule has 2 rings (SSSR count). The number of carbonyl (C=O) groups excluding carboxylic acids is 1. The van der Waals surface area contributed by atoms with Crippen LogP contribution in [0.15, 0.2) is 54.6 Å². The Morgan fingerprint density at radius 1 is 1.09 bits per heavy atom. The van der Waals surface area contributed by atoms with Crippen LogP contribution in [-0.2, 0) is 6.18 Å². The maximum atomic E-state index is 12.6. The van der Waals surface area contributed by atoms with Crippen LogP contribution in [0.4, 0.5) is 23.7 Å². The molecule has 0 unspecified atom stereocenters. The summed E-state index contributed by atoms with van der Waals surface area (Å²) in [5, 5.41) is 14.2. The minimum absolute atomic E-state index is 0.0158. The molecule has 0 saturated heterocycles. The maximum absolute atomic E-state index is 12.6. The third kappa shape index (κ3) is 4.72. The largest absolute Gasteiger partial charge is 0.416 e. The minimum atomic E-state index is -4.48. The summed E-state index contributed by atoms with van der Waals surface area (Å²) in [4.78, 5) is 11.9. The molecule has 0 aliphatic rings. The van der Waals surface area contributed by atoms with Crippen molar-refractivity contribution in [1.82, 2.24) is 5.32 Å². The number of amides is 2. The van der Waals surface area contributed by atoms with Crippen molar-refractivity contribution in [2.45, 2.75) is 12.2 Å². The van der Waals surface area contributed by atoms with Gasteiger partial charge in [-0.1, -0.05) is 36.4 Å². The fraction of sp³-hybridized carbons (Fsp3) is 0.188. The standard InChI is InChI=1S/C16H15F3N2O2/c17-16(18,19)12-7-4-8-13(9-12)20-15(23)21-14(10-22)11-5-2-1-3-6-11/h1-9,14,22H,10H2,(H2,20,21,23)/t14-/m1/s1. The first-order valence-corrected chi connectivity index (χ1v) is 6.80. The van der Waals surface area contributed by atoms with Crippen LogP contribution < -0.4 is 10.6 Å². The first kappa shape index (κ1) is 16.8. The number of carbonyl (C=O) groups is 1. The summed E-state index contributed by atoms with van der Waals surface area (Å²) in [6.45, 7) is -0.333. The Balaban J connectivity index is 2.04. The Labute approximate surface area is 131 Å². The van der Waals surface area contributed by atoms with E-state index in [-0.39, 0.29) is 12.3 Å². The van der Waals surface area contributed by atoms with Crippen molar-refractivity contribution in [3.05, 3.63) is 65.7 Å². The summed E-state index contributed by atoms with van der Waals surface area (Å²) in [6.07, 6.45) is -4.48. The number of aliphatic hydroxyl groups is 1. The molecular weight excluding hydrogens is 309 g/mol. The lowest BCUT2D eigenvalue weighted by Crippen LogP contribution is -2.34. The summed E-state index contributed by atoms with van der Waals surface area (Å²) in [5.41, 5.74) is -0.145. The SMILES string of the molecule is O=C(Nc1cccc(C(F)(F)F)c1)N[C@H](CO)c1ccccc1. The molecule has 0 bridgehead atoms. The summed E-state index contributed by atoms with van der Waals surface area (Å²) >= 11 is 0. The third-order valence-electron chi connectivity index (χ3n) is 3.14. The van der Waals surface area contributed by atoms with Crippen molar-refractivity contribution >= 4 is 11.7 Å². The molecule has 3 N–H and O–H groups in total. The van der Waals surface area contributed by atoms with Gasteiger partial charge in [-0.2, -0.15) is 13.2 Å². The van der Waals surface area contributed by atoms with Gasteiger partial charge in [0, 0.05) is 5.69 Å². The van der Waals surface area contributed by atoms with E-state index in [0.717, 1.165) is 12.1 Å². The Hall–Kier alpha value is -2.54. The zero-order chi connectivity index (χ0) is 16.9. The van der Waals surface area contributed by atoms with E-state index < -0.39 is 23.8 Å². The monoisotopic (exact) mass is 324 g/mol. The molecule has 2 aromatic rings. The quantitative estimate of drug-likeness (QED) is 0.805. The van der Waals surface area contributed by atoms with E-state index in [1.54, 1.807) is 30.3 Å². The Kier molecular flexibility index (Phi) is 5.23. The lowest BCUT2D eigenvalue weighted by molar-refractivity contribution is -0.137. The van der Waals surface area contributed by atoms with Gasteiger partial charge in [-0.25, -0.2) is 4.79 Å². The Bertz CT molecular complexity index is 660. The van der Waals surface area contributed by atoms with Crippen molar-refractivity contribution in [3.8, 4) is 0 Å². The minimum Gasteiger partial charge on any atom is -0.394 e. The molecule has 2 aromatic carbocycles. The number of urea groups is 1. The smallest absolute Gasteiger partial charge is 0.394 e. The average Bonchev–Trinajstić information content (AvgIpc) is 2.53. The van der Waals surface area contributed by atoms with E-state index in [0.29, 0.717) is 5.56 Å². The highest BCUT2D eigenvalue weighted by atomic mass is 19.4. The lowest BCUT2D eigenvalue weighted by Gasteiger charge is -2.17. The number of anilines is 1. The van der Waals surface area contributed by atoms with Gasteiger partial charge >= 0.3 is 12.2 Å². The topological polar surface area (TPSA) is 61.4 Å². The van der Waals surface area contributed by atoms with Crippen molar-refractivity contribution in [1.29, 1.82) is 0 Å². The normalized spacial score (nSPS) is 12.5. The molecule has 4 nitrogen and oxygen atoms in total. The van der Waals surface area contributed by atoms with Crippen LogP contribution in [0.1, 0.15) is 17.2 Å². The van der Waals surface area contributed by atoms with Crippen molar-refractivity contribution < 1.29 is 23.1 Å². The molecule has 2 amide bonds. The molecule has 7 heteroatoms. The zero-order valence-electron chi connectivity index (χ0n) is 12.0. The highest BCUT2D eigenvalue weighted by Crippen LogP contribution is 2.30. The Morgan fingerprint density at radius 2 is 1.78 bits per heavy atom. The van der Waals surface area contributed by atoms with E-state index in [9.17, 15) is 23.1 Å². The molecule has 0 spiro atoms. The average molecular weight is 324 g/mol. The number of hydrogen-bond donors (Lipinski definition) is 3. The van der Waals surface area contributed by atoms with Gasteiger partial charge in [0.2, 0.25) is 0 Å². The van der Waals surface area contributed by atoms with Crippen LogP contribution in [0.2, 0.25) is 0 Å². The number of benzene rings is 2. The highest BCUT2D eigenvalue weighted by molar-refractivity contribution is 5.89. The van der Waals surface area contributed by atoms with Crippen LogP contribution in [0, 0.1) is 0 Å².